The maximum absolute atomic E-state index is 11.8. The molecule has 0 unspecified atom stereocenters. The highest BCUT2D eigenvalue weighted by Crippen LogP contribution is 2.11. The van der Waals surface area contributed by atoms with E-state index < -0.39 is 0 Å². The Hall–Kier alpha value is -1.61. The van der Waals surface area contributed by atoms with Crippen LogP contribution in [0, 0.1) is 13.8 Å². The van der Waals surface area contributed by atoms with Crippen molar-refractivity contribution in [3.05, 3.63) is 47.0 Å². The zero-order valence-corrected chi connectivity index (χ0v) is 12.1. The number of hydrogen-bond donors (Lipinski definition) is 1. The van der Waals surface area contributed by atoms with Gasteiger partial charge in [-0.05, 0) is 31.9 Å². The topological polar surface area (TPSA) is 38.3 Å². The summed E-state index contributed by atoms with van der Waals surface area (Å²) in [7, 11) is 0. The molecule has 1 aromatic carbocycles. The Balaban J connectivity index is 2.31. The number of amides is 1. The number of carbonyl (C=O) groups excluding carboxylic acids is 1. The minimum atomic E-state index is 0.0348. The van der Waals surface area contributed by atoms with E-state index in [2.05, 4.69) is 24.0 Å². The summed E-state index contributed by atoms with van der Waals surface area (Å²) < 4.78 is 5.32. The molecular formula is C16H23NO2. The van der Waals surface area contributed by atoms with E-state index in [4.69, 9.17) is 4.74 Å². The summed E-state index contributed by atoms with van der Waals surface area (Å²) >= 11 is 0. The highest BCUT2D eigenvalue weighted by Gasteiger charge is 2.05. The molecular weight excluding hydrogens is 238 g/mol. The van der Waals surface area contributed by atoms with Gasteiger partial charge >= 0.3 is 0 Å². The first-order valence-corrected chi connectivity index (χ1v) is 6.54. The Bertz CT molecular complexity index is 452. The average molecular weight is 261 g/mol. The summed E-state index contributed by atoms with van der Waals surface area (Å²) in [5, 5.41) is 2.86. The normalized spacial score (nSPS) is 10.3. The van der Waals surface area contributed by atoms with Crippen molar-refractivity contribution < 1.29 is 9.53 Å². The first-order chi connectivity index (χ1) is 8.99. The second-order valence-corrected chi connectivity index (χ2v) is 4.97. The lowest BCUT2D eigenvalue weighted by Gasteiger charge is -2.09. The molecule has 1 N–H and O–H groups in total. The highest BCUT2D eigenvalue weighted by atomic mass is 16.5. The highest BCUT2D eigenvalue weighted by molar-refractivity contribution is 5.78. The van der Waals surface area contributed by atoms with Crippen LogP contribution in [0.3, 0.4) is 0 Å². The van der Waals surface area contributed by atoms with E-state index in [1.54, 1.807) is 0 Å². The van der Waals surface area contributed by atoms with E-state index in [1.165, 1.54) is 5.56 Å². The van der Waals surface area contributed by atoms with E-state index in [0.29, 0.717) is 26.2 Å². The van der Waals surface area contributed by atoms with Gasteiger partial charge in [-0.1, -0.05) is 35.9 Å². The van der Waals surface area contributed by atoms with E-state index in [0.717, 1.165) is 16.7 Å². The lowest BCUT2D eigenvalue weighted by Crippen LogP contribution is -2.29. The Morgan fingerprint density at radius 3 is 2.79 bits per heavy atom. The molecule has 0 saturated carbocycles. The quantitative estimate of drug-likeness (QED) is 0.605. The third-order valence-electron chi connectivity index (χ3n) is 2.77. The monoisotopic (exact) mass is 261 g/mol. The van der Waals surface area contributed by atoms with E-state index in [-0.39, 0.29) is 5.91 Å². The fraction of sp³-hybridized carbons (Fsp3) is 0.438. The molecule has 0 bridgehead atoms. The molecule has 3 heteroatoms. The predicted molar refractivity (Wildman–Crippen MR) is 78.3 cm³/mol. The van der Waals surface area contributed by atoms with Gasteiger partial charge < -0.3 is 10.1 Å². The van der Waals surface area contributed by atoms with Crippen molar-refractivity contribution in [3.8, 4) is 0 Å². The average Bonchev–Trinajstić information content (AvgIpc) is 2.33. The van der Waals surface area contributed by atoms with Crippen molar-refractivity contribution in [2.75, 3.05) is 19.8 Å². The summed E-state index contributed by atoms with van der Waals surface area (Å²) in [6.45, 7) is 11.3. The van der Waals surface area contributed by atoms with Crippen LogP contribution in [0.4, 0.5) is 0 Å². The molecule has 104 valence electrons. The summed E-state index contributed by atoms with van der Waals surface area (Å²) in [5.41, 5.74) is 4.40. The van der Waals surface area contributed by atoms with Gasteiger partial charge in [0, 0.05) is 6.54 Å². The lowest BCUT2D eigenvalue weighted by molar-refractivity contribution is -0.120. The van der Waals surface area contributed by atoms with Crippen molar-refractivity contribution in [3.63, 3.8) is 0 Å². The van der Waals surface area contributed by atoms with Crippen LogP contribution in [0.15, 0.2) is 30.4 Å². The third-order valence-corrected chi connectivity index (χ3v) is 2.77. The fourth-order valence-electron chi connectivity index (χ4n) is 1.74. The number of benzene rings is 1. The molecule has 1 rings (SSSR count). The van der Waals surface area contributed by atoms with Crippen LogP contribution in [-0.4, -0.2) is 25.7 Å². The van der Waals surface area contributed by atoms with Crippen molar-refractivity contribution in [1.29, 1.82) is 0 Å². The van der Waals surface area contributed by atoms with Crippen LogP contribution in [-0.2, 0) is 16.0 Å². The van der Waals surface area contributed by atoms with Gasteiger partial charge in [0.25, 0.3) is 0 Å². The van der Waals surface area contributed by atoms with Gasteiger partial charge in [-0.2, -0.15) is 0 Å². The molecule has 0 aromatic heterocycles. The van der Waals surface area contributed by atoms with Crippen molar-refractivity contribution in [2.24, 2.45) is 0 Å². The van der Waals surface area contributed by atoms with Crippen LogP contribution in [0.1, 0.15) is 23.6 Å². The van der Waals surface area contributed by atoms with Crippen molar-refractivity contribution in [1.82, 2.24) is 5.32 Å². The SMILES string of the molecule is C=C(C)COCCNC(=O)Cc1cc(C)ccc1C. The zero-order valence-electron chi connectivity index (χ0n) is 12.1. The summed E-state index contributed by atoms with van der Waals surface area (Å²) in [6, 6.07) is 6.17. The molecule has 0 atom stereocenters. The molecule has 0 radical (unpaired) electrons. The zero-order chi connectivity index (χ0) is 14.3. The molecule has 3 nitrogen and oxygen atoms in total. The molecule has 1 aromatic rings. The molecule has 0 saturated heterocycles. The predicted octanol–water partition coefficient (Wildman–Crippen LogP) is 2.55. The largest absolute Gasteiger partial charge is 0.375 e. The van der Waals surface area contributed by atoms with Gasteiger partial charge in [0.15, 0.2) is 0 Å². The molecule has 0 aliphatic carbocycles. The fourth-order valence-corrected chi connectivity index (χ4v) is 1.74. The van der Waals surface area contributed by atoms with Crippen LogP contribution >= 0.6 is 0 Å². The summed E-state index contributed by atoms with van der Waals surface area (Å²) in [5.74, 6) is 0.0348. The number of ether oxygens (including phenoxy) is 1. The molecule has 0 aliphatic rings. The summed E-state index contributed by atoms with van der Waals surface area (Å²) in [4.78, 5) is 11.8. The maximum Gasteiger partial charge on any atom is 0.224 e. The standard InChI is InChI=1S/C16H23NO2/c1-12(2)11-19-8-7-17-16(18)10-15-9-13(3)5-6-14(15)4/h5-6,9H,1,7-8,10-11H2,2-4H3,(H,17,18). The Morgan fingerprint density at radius 1 is 1.37 bits per heavy atom. The number of aryl methyl sites for hydroxylation is 2. The Labute approximate surface area is 115 Å². The summed E-state index contributed by atoms with van der Waals surface area (Å²) in [6.07, 6.45) is 0.425. The van der Waals surface area contributed by atoms with Crippen LogP contribution < -0.4 is 5.32 Å². The number of hydrogen-bond acceptors (Lipinski definition) is 2. The first-order valence-electron chi connectivity index (χ1n) is 6.54. The van der Waals surface area contributed by atoms with E-state index in [1.807, 2.05) is 26.8 Å². The van der Waals surface area contributed by atoms with Gasteiger partial charge in [-0.3, -0.25) is 4.79 Å². The minimum Gasteiger partial charge on any atom is -0.375 e. The molecule has 0 fully saturated rings. The van der Waals surface area contributed by atoms with Gasteiger partial charge in [0.05, 0.1) is 19.6 Å². The molecule has 0 spiro atoms. The Kier molecular flexibility index (Phi) is 6.30. The number of carbonyl (C=O) groups is 1. The maximum atomic E-state index is 11.8. The van der Waals surface area contributed by atoms with E-state index in [9.17, 15) is 4.79 Å². The molecule has 0 aliphatic heterocycles. The Morgan fingerprint density at radius 2 is 2.11 bits per heavy atom. The smallest absolute Gasteiger partial charge is 0.224 e. The molecule has 0 heterocycles. The van der Waals surface area contributed by atoms with Gasteiger partial charge in [-0.15, -0.1) is 0 Å². The first kappa shape index (κ1) is 15.4. The van der Waals surface area contributed by atoms with Crippen LogP contribution in [0.5, 0.6) is 0 Å². The lowest BCUT2D eigenvalue weighted by atomic mass is 10.0. The van der Waals surface area contributed by atoms with Gasteiger partial charge in [-0.25, -0.2) is 0 Å². The van der Waals surface area contributed by atoms with Crippen molar-refractivity contribution in [2.45, 2.75) is 27.2 Å². The molecule has 1 amide bonds. The van der Waals surface area contributed by atoms with Crippen LogP contribution in [0.2, 0.25) is 0 Å². The van der Waals surface area contributed by atoms with E-state index >= 15 is 0 Å². The third kappa shape index (κ3) is 6.20. The second kappa shape index (κ2) is 7.74. The van der Waals surface area contributed by atoms with Gasteiger partial charge in [0.2, 0.25) is 5.91 Å². The number of nitrogens with one attached hydrogen (secondary N) is 1. The van der Waals surface area contributed by atoms with Crippen LogP contribution in [0.25, 0.3) is 0 Å². The van der Waals surface area contributed by atoms with Crippen molar-refractivity contribution >= 4 is 5.91 Å². The second-order valence-electron chi connectivity index (χ2n) is 4.97. The molecule has 19 heavy (non-hydrogen) atoms. The van der Waals surface area contributed by atoms with Gasteiger partial charge in [0.1, 0.15) is 0 Å². The minimum absolute atomic E-state index is 0.0348. The number of rotatable bonds is 7.